The molecule has 3 rings (SSSR count). The summed E-state index contributed by atoms with van der Waals surface area (Å²) < 4.78 is 5.43. The van der Waals surface area contributed by atoms with Crippen molar-refractivity contribution in [3.05, 3.63) is 51.7 Å². The van der Waals surface area contributed by atoms with Crippen LogP contribution in [0.15, 0.2) is 41.1 Å². The van der Waals surface area contributed by atoms with Gasteiger partial charge in [0.25, 0.3) is 0 Å². The molecule has 1 atom stereocenters. The molecule has 0 saturated carbocycles. The Hall–Kier alpha value is -1.60. The smallest absolute Gasteiger partial charge is 0.319 e. The number of hydrogen-bond donors (Lipinski definition) is 2. The van der Waals surface area contributed by atoms with E-state index in [1.165, 1.54) is 5.56 Å². The number of amides is 2. The Morgan fingerprint density at radius 1 is 1.33 bits per heavy atom. The highest BCUT2D eigenvalue weighted by atomic mass is 35.5. The number of thiophene rings is 1. The highest BCUT2D eigenvalue weighted by Gasteiger charge is 2.23. The van der Waals surface area contributed by atoms with E-state index in [-0.39, 0.29) is 12.1 Å². The van der Waals surface area contributed by atoms with E-state index in [9.17, 15) is 4.79 Å². The fourth-order valence-electron chi connectivity index (χ4n) is 2.74. The molecule has 5 nitrogen and oxygen atoms in total. The van der Waals surface area contributed by atoms with Crippen LogP contribution in [0.5, 0.6) is 0 Å². The van der Waals surface area contributed by atoms with Gasteiger partial charge in [0.15, 0.2) is 0 Å². The van der Waals surface area contributed by atoms with Crippen molar-refractivity contribution in [3.8, 4) is 0 Å². The third-order valence-electron chi connectivity index (χ3n) is 3.95. The molecular formula is C17H20ClN3O2S. The van der Waals surface area contributed by atoms with Crippen molar-refractivity contribution in [1.29, 1.82) is 0 Å². The molecular weight excluding hydrogens is 346 g/mol. The van der Waals surface area contributed by atoms with E-state index in [0.29, 0.717) is 17.3 Å². The van der Waals surface area contributed by atoms with Gasteiger partial charge < -0.3 is 15.4 Å². The van der Waals surface area contributed by atoms with Gasteiger partial charge in [0, 0.05) is 30.3 Å². The van der Waals surface area contributed by atoms with Gasteiger partial charge in [-0.05, 0) is 40.6 Å². The molecule has 0 aliphatic carbocycles. The molecule has 2 aromatic rings. The second-order valence-electron chi connectivity index (χ2n) is 5.57. The number of morpholine rings is 1. The molecule has 1 saturated heterocycles. The predicted molar refractivity (Wildman–Crippen MR) is 97.9 cm³/mol. The molecule has 7 heteroatoms. The Bertz CT molecular complexity index is 660. The third-order valence-corrected chi connectivity index (χ3v) is 4.89. The summed E-state index contributed by atoms with van der Waals surface area (Å²) in [6, 6.07) is 9.15. The van der Waals surface area contributed by atoms with Crippen LogP contribution in [0.4, 0.5) is 10.5 Å². The topological polar surface area (TPSA) is 53.6 Å². The zero-order chi connectivity index (χ0) is 16.8. The minimum atomic E-state index is -0.231. The largest absolute Gasteiger partial charge is 0.379 e. The number of carbonyl (C=O) groups is 1. The Kier molecular flexibility index (Phi) is 6.09. The number of nitrogens with zero attached hydrogens (tertiary/aromatic N) is 1. The summed E-state index contributed by atoms with van der Waals surface area (Å²) in [4.78, 5) is 14.5. The van der Waals surface area contributed by atoms with Crippen molar-refractivity contribution in [2.24, 2.45) is 0 Å². The highest BCUT2D eigenvalue weighted by molar-refractivity contribution is 7.07. The van der Waals surface area contributed by atoms with Gasteiger partial charge in [0.05, 0.1) is 19.3 Å². The van der Waals surface area contributed by atoms with Gasteiger partial charge in [0.1, 0.15) is 0 Å². The van der Waals surface area contributed by atoms with Crippen LogP contribution in [0.2, 0.25) is 5.02 Å². The fourth-order valence-corrected chi connectivity index (χ4v) is 3.64. The number of rotatable bonds is 5. The summed E-state index contributed by atoms with van der Waals surface area (Å²) in [6.45, 7) is 3.75. The van der Waals surface area contributed by atoms with E-state index < -0.39 is 0 Å². The molecule has 1 aromatic heterocycles. The first kappa shape index (κ1) is 17.2. The predicted octanol–water partition coefficient (Wildman–Crippen LogP) is 3.60. The molecule has 0 radical (unpaired) electrons. The molecule has 0 bridgehead atoms. The van der Waals surface area contributed by atoms with E-state index in [1.807, 2.05) is 6.07 Å². The number of nitrogens with one attached hydrogen (secondary N) is 2. The molecule has 2 heterocycles. The zero-order valence-electron chi connectivity index (χ0n) is 13.2. The first-order valence-corrected chi connectivity index (χ1v) is 9.19. The summed E-state index contributed by atoms with van der Waals surface area (Å²) in [7, 11) is 0. The Balaban J connectivity index is 1.59. The molecule has 2 N–H and O–H groups in total. The van der Waals surface area contributed by atoms with Gasteiger partial charge in [-0.25, -0.2) is 4.79 Å². The average Bonchev–Trinajstić information content (AvgIpc) is 3.10. The number of halogens is 1. The zero-order valence-corrected chi connectivity index (χ0v) is 14.8. The second-order valence-corrected chi connectivity index (χ2v) is 6.78. The molecule has 1 aliphatic rings. The normalized spacial score (nSPS) is 16.5. The van der Waals surface area contributed by atoms with E-state index in [1.54, 1.807) is 29.5 Å². The van der Waals surface area contributed by atoms with Gasteiger partial charge in [0.2, 0.25) is 0 Å². The fraction of sp³-hybridized carbons (Fsp3) is 0.353. The first-order chi connectivity index (χ1) is 11.7. The van der Waals surface area contributed by atoms with E-state index in [0.717, 1.165) is 26.3 Å². The lowest BCUT2D eigenvalue weighted by molar-refractivity contribution is 0.0168. The van der Waals surface area contributed by atoms with Crippen molar-refractivity contribution in [2.75, 3.05) is 38.2 Å². The van der Waals surface area contributed by atoms with E-state index in [2.05, 4.69) is 32.4 Å². The molecule has 24 heavy (non-hydrogen) atoms. The highest BCUT2D eigenvalue weighted by Crippen LogP contribution is 2.23. The number of ether oxygens (including phenoxy) is 1. The molecule has 128 valence electrons. The van der Waals surface area contributed by atoms with Crippen LogP contribution in [0, 0.1) is 0 Å². The van der Waals surface area contributed by atoms with Gasteiger partial charge >= 0.3 is 6.03 Å². The van der Waals surface area contributed by atoms with Crippen molar-refractivity contribution in [3.63, 3.8) is 0 Å². The molecule has 1 fully saturated rings. The van der Waals surface area contributed by atoms with Crippen LogP contribution in [-0.4, -0.2) is 43.8 Å². The van der Waals surface area contributed by atoms with Crippen LogP contribution < -0.4 is 10.6 Å². The second kappa shape index (κ2) is 8.48. The monoisotopic (exact) mass is 365 g/mol. The van der Waals surface area contributed by atoms with E-state index >= 15 is 0 Å². The van der Waals surface area contributed by atoms with Gasteiger partial charge in [-0.2, -0.15) is 11.3 Å². The first-order valence-electron chi connectivity index (χ1n) is 7.87. The standard InChI is InChI=1S/C17H20ClN3O2S/c18-14-2-1-3-15(10-14)20-17(22)19-11-16(13-4-9-24-12-13)21-5-7-23-8-6-21/h1-4,9-10,12,16H,5-8,11H2,(H2,19,20,22). The van der Waals surface area contributed by atoms with Crippen LogP contribution in [0.3, 0.4) is 0 Å². The maximum atomic E-state index is 12.2. The summed E-state index contributed by atoms with van der Waals surface area (Å²) in [5.41, 5.74) is 1.91. The molecule has 1 unspecified atom stereocenters. The van der Waals surface area contributed by atoms with Crippen molar-refractivity contribution < 1.29 is 9.53 Å². The van der Waals surface area contributed by atoms with E-state index in [4.69, 9.17) is 16.3 Å². The van der Waals surface area contributed by atoms with Crippen LogP contribution in [0.25, 0.3) is 0 Å². The molecule has 2 amide bonds. The van der Waals surface area contributed by atoms with Gasteiger partial charge in [-0.15, -0.1) is 0 Å². The maximum Gasteiger partial charge on any atom is 0.319 e. The number of urea groups is 1. The van der Waals surface area contributed by atoms with Crippen LogP contribution in [0.1, 0.15) is 11.6 Å². The lowest BCUT2D eigenvalue weighted by Crippen LogP contribution is -2.44. The quantitative estimate of drug-likeness (QED) is 0.851. The Morgan fingerprint density at radius 2 is 2.17 bits per heavy atom. The molecule has 1 aliphatic heterocycles. The van der Waals surface area contributed by atoms with Crippen molar-refractivity contribution in [2.45, 2.75) is 6.04 Å². The molecule has 0 spiro atoms. The lowest BCUT2D eigenvalue weighted by atomic mass is 10.1. The number of hydrogen-bond acceptors (Lipinski definition) is 4. The van der Waals surface area contributed by atoms with Gasteiger partial charge in [-0.3, -0.25) is 4.90 Å². The minimum absolute atomic E-state index is 0.158. The summed E-state index contributed by atoms with van der Waals surface area (Å²) in [5, 5.41) is 10.6. The van der Waals surface area contributed by atoms with Crippen molar-refractivity contribution >= 4 is 34.7 Å². The summed E-state index contributed by atoms with van der Waals surface area (Å²) in [5.74, 6) is 0. The van der Waals surface area contributed by atoms with Gasteiger partial charge in [-0.1, -0.05) is 17.7 Å². The minimum Gasteiger partial charge on any atom is -0.379 e. The summed E-state index contributed by atoms with van der Waals surface area (Å²) in [6.07, 6.45) is 0. The number of benzene rings is 1. The third kappa shape index (κ3) is 4.70. The number of carbonyl (C=O) groups excluding carboxylic acids is 1. The van der Waals surface area contributed by atoms with Crippen molar-refractivity contribution in [1.82, 2.24) is 10.2 Å². The lowest BCUT2D eigenvalue weighted by Gasteiger charge is -2.34. The molecule has 1 aromatic carbocycles. The average molecular weight is 366 g/mol. The Morgan fingerprint density at radius 3 is 2.88 bits per heavy atom. The Labute approximate surface area is 150 Å². The maximum absolute atomic E-state index is 12.2. The SMILES string of the molecule is O=C(NCC(c1ccsc1)N1CCOCC1)Nc1cccc(Cl)c1. The summed E-state index contributed by atoms with van der Waals surface area (Å²) >= 11 is 7.61. The van der Waals surface area contributed by atoms with Crippen LogP contribution in [-0.2, 0) is 4.74 Å². The van der Waals surface area contributed by atoms with Crippen LogP contribution >= 0.6 is 22.9 Å². The number of anilines is 1.